The van der Waals surface area contributed by atoms with E-state index in [1.807, 2.05) is 24.3 Å². The highest BCUT2D eigenvalue weighted by molar-refractivity contribution is 5.84. The molecule has 2 aliphatic heterocycles. The summed E-state index contributed by atoms with van der Waals surface area (Å²) in [6.45, 7) is 1.02. The highest BCUT2D eigenvalue weighted by atomic mass is 16.5. The maximum Gasteiger partial charge on any atom is 0.305 e. The second-order valence-electron chi connectivity index (χ2n) is 5.41. The maximum atomic E-state index is 12.6. The van der Waals surface area contributed by atoms with Crippen LogP contribution in [-0.4, -0.2) is 47.1 Å². The molecule has 0 saturated carbocycles. The Morgan fingerprint density at radius 3 is 3.00 bits per heavy atom. The first-order valence-corrected chi connectivity index (χ1v) is 7.17. The van der Waals surface area contributed by atoms with Gasteiger partial charge in [0, 0.05) is 12.6 Å². The number of aliphatic carboxylic acids is 1. The number of benzene rings is 1. The number of carbonyl (C=O) groups is 2. The Balaban J connectivity index is 1.70. The fourth-order valence-corrected chi connectivity index (χ4v) is 2.98. The predicted octanol–water partition coefficient (Wildman–Crippen LogP) is 1.33. The van der Waals surface area contributed by atoms with Gasteiger partial charge in [-0.15, -0.1) is 0 Å². The number of nitrogens with zero attached hydrogens (tertiary/aromatic N) is 1. The van der Waals surface area contributed by atoms with Crippen LogP contribution in [0.5, 0.6) is 5.75 Å². The summed E-state index contributed by atoms with van der Waals surface area (Å²) < 4.78 is 5.76. The van der Waals surface area contributed by atoms with Gasteiger partial charge in [0.25, 0.3) is 5.91 Å². The fraction of sp³-hybridized carbons (Fsp3) is 0.467. The number of fused-ring (bicyclic) bond motifs is 1. The third-order valence-corrected chi connectivity index (χ3v) is 3.98. The molecule has 0 aliphatic carbocycles. The molecule has 2 N–H and O–H groups in total. The molecule has 2 heterocycles. The van der Waals surface area contributed by atoms with Crippen LogP contribution in [0.1, 0.15) is 19.3 Å². The first kappa shape index (κ1) is 13.7. The molecule has 1 amide bonds. The van der Waals surface area contributed by atoms with Crippen LogP contribution in [-0.2, 0) is 9.59 Å². The van der Waals surface area contributed by atoms with Crippen LogP contribution in [0, 0.1) is 0 Å². The molecule has 1 aromatic rings. The molecule has 0 radical (unpaired) electrons. The van der Waals surface area contributed by atoms with E-state index in [2.05, 4.69) is 5.32 Å². The maximum absolute atomic E-state index is 12.6. The minimum atomic E-state index is -0.868. The summed E-state index contributed by atoms with van der Waals surface area (Å²) >= 11 is 0. The van der Waals surface area contributed by atoms with Crippen LogP contribution in [0.3, 0.4) is 0 Å². The van der Waals surface area contributed by atoms with Gasteiger partial charge in [-0.3, -0.25) is 9.59 Å². The average Bonchev–Trinajstić information content (AvgIpc) is 2.93. The smallest absolute Gasteiger partial charge is 0.305 e. The van der Waals surface area contributed by atoms with Crippen molar-refractivity contribution in [2.24, 2.45) is 0 Å². The zero-order valence-electron chi connectivity index (χ0n) is 11.6. The van der Waals surface area contributed by atoms with Crippen molar-refractivity contribution in [1.82, 2.24) is 4.90 Å². The topological polar surface area (TPSA) is 78.9 Å². The van der Waals surface area contributed by atoms with Crippen LogP contribution in [0.2, 0.25) is 0 Å². The Bertz CT molecular complexity index is 560. The first-order valence-electron chi connectivity index (χ1n) is 7.17. The molecule has 1 saturated heterocycles. The fourth-order valence-electron chi connectivity index (χ4n) is 2.98. The number of nitrogens with one attached hydrogen (secondary N) is 1. The van der Waals surface area contributed by atoms with Gasteiger partial charge in [0.2, 0.25) is 0 Å². The first-order chi connectivity index (χ1) is 10.1. The number of para-hydroxylation sites is 2. The molecule has 21 heavy (non-hydrogen) atoms. The third-order valence-electron chi connectivity index (χ3n) is 3.98. The van der Waals surface area contributed by atoms with Gasteiger partial charge in [-0.1, -0.05) is 12.1 Å². The largest absolute Gasteiger partial charge is 0.481 e. The Morgan fingerprint density at radius 1 is 1.38 bits per heavy atom. The van der Waals surface area contributed by atoms with Crippen molar-refractivity contribution in [2.45, 2.75) is 31.4 Å². The number of carbonyl (C=O) groups excluding carboxylic acids is 1. The highest BCUT2D eigenvalue weighted by Crippen LogP contribution is 2.30. The lowest BCUT2D eigenvalue weighted by atomic mass is 10.1. The molecule has 1 fully saturated rings. The molecule has 112 valence electrons. The predicted molar refractivity (Wildman–Crippen MR) is 76.3 cm³/mol. The van der Waals surface area contributed by atoms with E-state index in [1.165, 1.54) is 0 Å². The number of carboxylic acid groups (broad SMARTS) is 1. The van der Waals surface area contributed by atoms with Crippen LogP contribution in [0.4, 0.5) is 5.69 Å². The molecule has 3 rings (SSSR count). The summed E-state index contributed by atoms with van der Waals surface area (Å²) in [5, 5.41) is 12.1. The minimum Gasteiger partial charge on any atom is -0.481 e. The number of likely N-dealkylation sites (tertiary alicyclic amines) is 1. The Kier molecular flexibility index (Phi) is 3.68. The summed E-state index contributed by atoms with van der Waals surface area (Å²) in [6.07, 6.45) is 1.01. The van der Waals surface area contributed by atoms with Crippen molar-refractivity contribution in [1.29, 1.82) is 0 Å². The summed E-state index contributed by atoms with van der Waals surface area (Å²) in [4.78, 5) is 25.1. The van der Waals surface area contributed by atoms with Crippen molar-refractivity contribution >= 4 is 17.6 Å². The van der Waals surface area contributed by atoms with Crippen molar-refractivity contribution in [2.75, 3.05) is 18.4 Å². The molecular weight excluding hydrogens is 272 g/mol. The van der Waals surface area contributed by atoms with Crippen LogP contribution in [0.15, 0.2) is 24.3 Å². The molecular formula is C15H18N2O4. The van der Waals surface area contributed by atoms with E-state index in [0.717, 1.165) is 18.5 Å². The second-order valence-corrected chi connectivity index (χ2v) is 5.41. The number of rotatable bonds is 3. The van der Waals surface area contributed by atoms with Gasteiger partial charge >= 0.3 is 5.97 Å². The summed E-state index contributed by atoms with van der Waals surface area (Å²) in [5.41, 5.74) is 0.880. The number of ether oxygens (including phenoxy) is 1. The van der Waals surface area contributed by atoms with E-state index in [1.54, 1.807) is 4.90 Å². The van der Waals surface area contributed by atoms with E-state index < -0.39 is 12.1 Å². The minimum absolute atomic E-state index is 0.00246. The van der Waals surface area contributed by atoms with Crippen LogP contribution in [0.25, 0.3) is 0 Å². The van der Waals surface area contributed by atoms with Crippen molar-refractivity contribution in [3.05, 3.63) is 24.3 Å². The summed E-state index contributed by atoms with van der Waals surface area (Å²) in [6, 6.07) is 7.27. The zero-order chi connectivity index (χ0) is 14.8. The molecule has 2 atom stereocenters. The van der Waals surface area contributed by atoms with E-state index in [9.17, 15) is 9.59 Å². The molecule has 6 nitrogen and oxygen atoms in total. The van der Waals surface area contributed by atoms with Crippen molar-refractivity contribution in [3.8, 4) is 5.75 Å². The van der Waals surface area contributed by atoms with E-state index in [0.29, 0.717) is 18.8 Å². The molecule has 2 aliphatic rings. The monoisotopic (exact) mass is 290 g/mol. The lowest BCUT2D eigenvalue weighted by Crippen LogP contribution is -2.49. The second kappa shape index (κ2) is 5.63. The van der Waals surface area contributed by atoms with Gasteiger partial charge in [-0.25, -0.2) is 0 Å². The number of anilines is 1. The number of hydrogen-bond donors (Lipinski definition) is 2. The standard InChI is InChI=1S/C15H18N2O4/c18-14(19)8-10-4-3-7-17(10)15(20)13-9-16-11-5-1-2-6-12(11)21-13/h1-2,5-6,10,13,16H,3-4,7-9H2,(H,18,19). The van der Waals surface area contributed by atoms with Crippen LogP contribution < -0.4 is 10.1 Å². The molecule has 1 aromatic carbocycles. The summed E-state index contributed by atoms with van der Waals surface area (Å²) in [7, 11) is 0. The van der Waals surface area contributed by atoms with Gasteiger partial charge in [0.15, 0.2) is 6.10 Å². The Hall–Kier alpha value is -2.24. The van der Waals surface area contributed by atoms with Gasteiger partial charge in [-0.2, -0.15) is 0 Å². The highest BCUT2D eigenvalue weighted by Gasteiger charge is 2.36. The molecule has 0 spiro atoms. The zero-order valence-corrected chi connectivity index (χ0v) is 11.6. The number of carboxylic acids is 1. The molecule has 2 unspecified atom stereocenters. The van der Waals surface area contributed by atoms with Gasteiger partial charge in [0.1, 0.15) is 5.75 Å². The van der Waals surface area contributed by atoms with E-state index in [4.69, 9.17) is 9.84 Å². The molecule has 0 aromatic heterocycles. The third kappa shape index (κ3) is 2.79. The molecule has 6 heteroatoms. The van der Waals surface area contributed by atoms with Crippen LogP contribution >= 0.6 is 0 Å². The quantitative estimate of drug-likeness (QED) is 0.878. The SMILES string of the molecule is O=C(O)CC1CCCN1C(=O)C1CNc2ccccc2O1. The van der Waals surface area contributed by atoms with Crippen molar-refractivity contribution in [3.63, 3.8) is 0 Å². The summed E-state index contributed by atoms with van der Waals surface area (Å²) in [5.74, 6) is -0.329. The molecule has 0 bridgehead atoms. The average molecular weight is 290 g/mol. The number of hydrogen-bond acceptors (Lipinski definition) is 4. The van der Waals surface area contributed by atoms with Gasteiger partial charge in [0.05, 0.1) is 18.7 Å². The normalized spacial score (nSPS) is 23.9. The van der Waals surface area contributed by atoms with Gasteiger partial charge in [-0.05, 0) is 25.0 Å². The van der Waals surface area contributed by atoms with E-state index >= 15 is 0 Å². The lowest BCUT2D eigenvalue weighted by molar-refractivity contribution is -0.142. The van der Waals surface area contributed by atoms with Gasteiger partial charge < -0.3 is 20.1 Å². The lowest BCUT2D eigenvalue weighted by Gasteiger charge is -2.31. The van der Waals surface area contributed by atoms with E-state index in [-0.39, 0.29) is 18.4 Å². The number of amides is 1. The van der Waals surface area contributed by atoms with Crippen molar-refractivity contribution < 1.29 is 19.4 Å². The Morgan fingerprint density at radius 2 is 2.19 bits per heavy atom. The Labute approximate surface area is 122 Å².